The van der Waals surface area contributed by atoms with Crippen molar-refractivity contribution in [3.63, 3.8) is 0 Å². The molecule has 1 aliphatic rings. The molecule has 0 saturated carbocycles. The number of rotatable bonds is 8. The summed E-state index contributed by atoms with van der Waals surface area (Å²) in [7, 11) is 7.12. The number of methoxy groups -OCH3 is 2. The van der Waals surface area contributed by atoms with Gasteiger partial charge in [0.25, 0.3) is 0 Å². The lowest BCUT2D eigenvalue weighted by atomic mass is 9.83. The van der Waals surface area contributed by atoms with Crippen LogP contribution in [0.25, 0.3) is 0 Å². The molecule has 1 aliphatic heterocycles. The predicted octanol–water partition coefficient (Wildman–Crippen LogP) is 1.68. The van der Waals surface area contributed by atoms with E-state index in [1.165, 1.54) is 0 Å². The van der Waals surface area contributed by atoms with Crippen molar-refractivity contribution in [2.75, 3.05) is 47.9 Å². The molecule has 1 aromatic carbocycles. The summed E-state index contributed by atoms with van der Waals surface area (Å²) < 4.78 is 10.8. The zero-order chi connectivity index (χ0) is 20.0. The van der Waals surface area contributed by atoms with Crippen LogP contribution in [0.3, 0.4) is 0 Å². The van der Waals surface area contributed by atoms with E-state index in [2.05, 4.69) is 5.32 Å². The Balaban J connectivity index is 2.35. The van der Waals surface area contributed by atoms with Gasteiger partial charge in [0.1, 0.15) is 11.5 Å². The summed E-state index contributed by atoms with van der Waals surface area (Å²) in [5.74, 6) is 1.03. The Morgan fingerprint density at radius 2 is 2.04 bits per heavy atom. The molecule has 7 heteroatoms. The third kappa shape index (κ3) is 4.91. The minimum Gasteiger partial charge on any atom is -0.497 e. The summed E-state index contributed by atoms with van der Waals surface area (Å²) in [5, 5.41) is 3.02. The Kier molecular flexibility index (Phi) is 7.47. The molecule has 1 N–H and O–H groups in total. The first-order valence-electron chi connectivity index (χ1n) is 9.36. The van der Waals surface area contributed by atoms with E-state index in [9.17, 15) is 9.59 Å². The standard InChI is InChI=1S/C20H31N3O4/c1-6-23-18(24)10-9-16(20(25)21-11-12-22(2)3)19(23)15-8-7-14(26-4)13-17(15)27-5/h7-8,13,16,19H,6,9-12H2,1-5H3,(H,21,25)/t16-,19+/m1/s1. The minimum atomic E-state index is -0.350. The highest BCUT2D eigenvalue weighted by Gasteiger charge is 2.41. The summed E-state index contributed by atoms with van der Waals surface area (Å²) >= 11 is 0. The first-order chi connectivity index (χ1) is 12.9. The molecule has 1 fully saturated rings. The van der Waals surface area contributed by atoms with Gasteiger partial charge in [-0.05, 0) is 39.6 Å². The highest BCUT2D eigenvalue weighted by molar-refractivity contribution is 5.85. The summed E-state index contributed by atoms with van der Waals surface area (Å²) in [6.07, 6.45) is 0.914. The molecule has 1 saturated heterocycles. The SMILES string of the molecule is CCN1C(=O)CC[C@@H](C(=O)NCCN(C)C)[C@@H]1c1ccc(OC)cc1OC. The van der Waals surface area contributed by atoms with Gasteiger partial charge in [-0.25, -0.2) is 0 Å². The lowest BCUT2D eigenvalue weighted by molar-refractivity contribution is -0.143. The average Bonchev–Trinajstić information content (AvgIpc) is 2.66. The molecule has 2 rings (SSSR count). The van der Waals surface area contributed by atoms with Gasteiger partial charge < -0.3 is 24.6 Å². The zero-order valence-electron chi connectivity index (χ0n) is 16.9. The number of amides is 2. The van der Waals surface area contributed by atoms with Crippen LogP contribution in [0.4, 0.5) is 0 Å². The van der Waals surface area contributed by atoms with Gasteiger partial charge in [0.15, 0.2) is 0 Å². The second-order valence-corrected chi connectivity index (χ2v) is 6.97. The zero-order valence-corrected chi connectivity index (χ0v) is 16.9. The Labute approximate surface area is 161 Å². The molecule has 150 valence electrons. The maximum absolute atomic E-state index is 12.9. The average molecular weight is 377 g/mol. The second-order valence-electron chi connectivity index (χ2n) is 6.97. The van der Waals surface area contributed by atoms with Crippen molar-refractivity contribution in [1.29, 1.82) is 0 Å². The molecule has 1 aromatic rings. The van der Waals surface area contributed by atoms with Gasteiger partial charge in [0, 0.05) is 37.7 Å². The van der Waals surface area contributed by atoms with Crippen LogP contribution in [-0.4, -0.2) is 69.6 Å². The monoisotopic (exact) mass is 377 g/mol. The maximum atomic E-state index is 12.9. The number of benzene rings is 1. The topological polar surface area (TPSA) is 71.1 Å². The van der Waals surface area contributed by atoms with Crippen molar-refractivity contribution in [3.8, 4) is 11.5 Å². The maximum Gasteiger partial charge on any atom is 0.225 e. The van der Waals surface area contributed by atoms with E-state index in [1.807, 2.05) is 38.1 Å². The van der Waals surface area contributed by atoms with Crippen LogP contribution in [-0.2, 0) is 9.59 Å². The molecule has 1 heterocycles. The number of carbonyl (C=O) groups is 2. The fourth-order valence-corrected chi connectivity index (χ4v) is 3.58. The first kappa shape index (κ1) is 21.0. The molecule has 27 heavy (non-hydrogen) atoms. The van der Waals surface area contributed by atoms with Crippen molar-refractivity contribution in [2.45, 2.75) is 25.8 Å². The third-order valence-electron chi connectivity index (χ3n) is 5.00. The largest absolute Gasteiger partial charge is 0.497 e. The van der Waals surface area contributed by atoms with E-state index in [0.29, 0.717) is 37.4 Å². The molecule has 0 bridgehead atoms. The number of piperidine rings is 1. The fourth-order valence-electron chi connectivity index (χ4n) is 3.58. The highest BCUT2D eigenvalue weighted by atomic mass is 16.5. The number of carbonyl (C=O) groups excluding carboxylic acids is 2. The summed E-state index contributed by atoms with van der Waals surface area (Å²) in [4.78, 5) is 29.2. The van der Waals surface area contributed by atoms with Gasteiger partial charge in [-0.15, -0.1) is 0 Å². The van der Waals surface area contributed by atoms with Gasteiger partial charge in [-0.2, -0.15) is 0 Å². The van der Waals surface area contributed by atoms with Crippen molar-refractivity contribution in [3.05, 3.63) is 23.8 Å². The van der Waals surface area contributed by atoms with Gasteiger partial charge in [-0.1, -0.05) is 0 Å². The number of hydrogen-bond acceptors (Lipinski definition) is 5. The molecule has 0 aromatic heterocycles. The summed E-state index contributed by atoms with van der Waals surface area (Å²) in [6, 6.07) is 5.18. The van der Waals surface area contributed by atoms with Crippen LogP contribution in [0, 0.1) is 5.92 Å². The van der Waals surface area contributed by atoms with Crippen molar-refractivity contribution >= 4 is 11.8 Å². The second kappa shape index (κ2) is 9.60. The van der Waals surface area contributed by atoms with Gasteiger partial charge >= 0.3 is 0 Å². The summed E-state index contributed by atoms with van der Waals surface area (Å²) in [6.45, 7) is 3.83. The van der Waals surface area contributed by atoms with E-state index in [1.54, 1.807) is 25.2 Å². The molecule has 2 amide bonds. The van der Waals surface area contributed by atoms with Crippen molar-refractivity contribution in [1.82, 2.24) is 15.1 Å². The van der Waals surface area contributed by atoms with E-state index in [0.717, 1.165) is 12.1 Å². The molecular weight excluding hydrogens is 346 g/mol. The van der Waals surface area contributed by atoms with Gasteiger partial charge in [0.05, 0.1) is 26.2 Å². The van der Waals surface area contributed by atoms with E-state index >= 15 is 0 Å². The van der Waals surface area contributed by atoms with E-state index in [-0.39, 0.29) is 23.8 Å². The van der Waals surface area contributed by atoms with Gasteiger partial charge in [0.2, 0.25) is 11.8 Å². The van der Waals surface area contributed by atoms with Crippen LogP contribution in [0.2, 0.25) is 0 Å². The van der Waals surface area contributed by atoms with Crippen molar-refractivity contribution in [2.24, 2.45) is 5.92 Å². The number of nitrogens with one attached hydrogen (secondary N) is 1. The molecule has 0 aliphatic carbocycles. The normalized spacial score (nSPS) is 19.9. The Morgan fingerprint density at radius 1 is 1.30 bits per heavy atom. The lowest BCUT2D eigenvalue weighted by Crippen LogP contribution is -2.48. The molecule has 7 nitrogen and oxygen atoms in total. The molecule has 0 radical (unpaired) electrons. The molecule has 2 atom stereocenters. The van der Waals surface area contributed by atoms with Crippen LogP contribution < -0.4 is 14.8 Å². The van der Waals surface area contributed by atoms with Crippen LogP contribution in [0.5, 0.6) is 11.5 Å². The lowest BCUT2D eigenvalue weighted by Gasteiger charge is -2.40. The highest BCUT2D eigenvalue weighted by Crippen LogP contribution is 2.41. The number of nitrogens with zero attached hydrogens (tertiary/aromatic N) is 2. The summed E-state index contributed by atoms with van der Waals surface area (Å²) in [5.41, 5.74) is 0.834. The molecule has 0 unspecified atom stereocenters. The minimum absolute atomic E-state index is 0.0225. The number of likely N-dealkylation sites (tertiary alicyclic amines) is 1. The number of hydrogen-bond donors (Lipinski definition) is 1. The molecular formula is C20H31N3O4. The van der Waals surface area contributed by atoms with Crippen LogP contribution in [0.15, 0.2) is 18.2 Å². The predicted molar refractivity (Wildman–Crippen MR) is 104 cm³/mol. The van der Waals surface area contributed by atoms with E-state index in [4.69, 9.17) is 9.47 Å². The fraction of sp³-hybridized carbons (Fsp3) is 0.600. The molecule has 0 spiro atoms. The Bertz CT molecular complexity index is 663. The number of likely N-dealkylation sites (N-methyl/N-ethyl adjacent to an activating group) is 1. The first-order valence-corrected chi connectivity index (χ1v) is 9.36. The Hall–Kier alpha value is -2.28. The van der Waals surface area contributed by atoms with Crippen LogP contribution in [0.1, 0.15) is 31.4 Å². The quantitative estimate of drug-likeness (QED) is 0.746. The van der Waals surface area contributed by atoms with E-state index < -0.39 is 0 Å². The third-order valence-corrected chi connectivity index (χ3v) is 5.00. The Morgan fingerprint density at radius 3 is 2.63 bits per heavy atom. The smallest absolute Gasteiger partial charge is 0.225 e. The number of ether oxygens (including phenoxy) is 2. The van der Waals surface area contributed by atoms with Crippen molar-refractivity contribution < 1.29 is 19.1 Å². The van der Waals surface area contributed by atoms with Gasteiger partial charge in [-0.3, -0.25) is 9.59 Å². The van der Waals surface area contributed by atoms with Crippen LogP contribution >= 0.6 is 0 Å².